The average molecular weight is 294 g/mol. The molecule has 0 amide bonds. The molecule has 0 aliphatic rings. The molecule has 0 spiro atoms. The zero-order chi connectivity index (χ0) is 15.4. The van der Waals surface area contributed by atoms with Crippen LogP contribution in [0.3, 0.4) is 0 Å². The maximum Gasteiger partial charge on any atom is 0.362 e. The second-order valence-corrected chi connectivity index (χ2v) is 5.26. The molecule has 0 saturated heterocycles. The van der Waals surface area contributed by atoms with Gasteiger partial charge < -0.3 is 5.43 Å². The Bertz CT molecular complexity index is 788. The number of benzene rings is 2. The highest BCUT2D eigenvalue weighted by Gasteiger charge is 2.08. The third-order valence-electron chi connectivity index (χ3n) is 3.51. The third kappa shape index (κ3) is 3.25. The van der Waals surface area contributed by atoms with Gasteiger partial charge in [-0.3, -0.25) is 0 Å². The molecule has 0 radical (unpaired) electrons. The van der Waals surface area contributed by atoms with E-state index in [1.54, 1.807) is 0 Å². The summed E-state index contributed by atoms with van der Waals surface area (Å²) in [6.45, 7) is 2.62. The van der Waals surface area contributed by atoms with Gasteiger partial charge in [-0.1, -0.05) is 60.2 Å². The first-order valence-electron chi connectivity index (χ1n) is 7.22. The first kappa shape index (κ1) is 14.1. The van der Waals surface area contributed by atoms with Gasteiger partial charge in [0.05, 0.1) is 6.54 Å². The van der Waals surface area contributed by atoms with Crippen molar-refractivity contribution in [3.63, 3.8) is 0 Å². The molecule has 112 valence electrons. The van der Waals surface area contributed by atoms with Gasteiger partial charge in [-0.15, -0.1) is 0 Å². The highest BCUT2D eigenvalue weighted by atomic mass is 16.2. The van der Waals surface area contributed by atoms with Crippen molar-refractivity contribution in [2.75, 3.05) is 5.43 Å². The van der Waals surface area contributed by atoms with E-state index in [9.17, 15) is 4.79 Å². The molecular formula is C17H18N4O. The number of nitrogens with zero attached hydrogens (tertiary/aromatic N) is 2. The standard InChI is InChI=1S/C17H18N4O/c1-13-7-9-14(10-8-13)11-16-19-20-17(22)21(16)18-12-15-5-3-2-4-6-15/h2-10,18H,11-12H2,1H3,(H,20,22). The molecule has 1 heterocycles. The predicted octanol–water partition coefficient (Wildman–Crippen LogP) is 2.21. The Hall–Kier alpha value is -2.82. The molecule has 0 unspecified atom stereocenters. The van der Waals surface area contributed by atoms with Crippen LogP contribution in [0.2, 0.25) is 0 Å². The summed E-state index contributed by atoms with van der Waals surface area (Å²) in [4.78, 5) is 11.9. The molecule has 0 saturated carbocycles. The quantitative estimate of drug-likeness (QED) is 0.758. The van der Waals surface area contributed by atoms with E-state index in [0.717, 1.165) is 11.1 Å². The number of hydrogen-bond donors (Lipinski definition) is 2. The van der Waals surface area contributed by atoms with Crippen LogP contribution < -0.4 is 11.1 Å². The highest BCUT2D eigenvalue weighted by Crippen LogP contribution is 2.07. The minimum atomic E-state index is -0.252. The molecule has 1 aromatic heterocycles. The Morgan fingerprint density at radius 1 is 1.05 bits per heavy atom. The van der Waals surface area contributed by atoms with Gasteiger partial charge in [0.2, 0.25) is 0 Å². The van der Waals surface area contributed by atoms with Crippen LogP contribution in [0.1, 0.15) is 22.5 Å². The lowest BCUT2D eigenvalue weighted by atomic mass is 10.1. The second kappa shape index (κ2) is 6.30. The van der Waals surface area contributed by atoms with Crippen LogP contribution in [-0.2, 0) is 13.0 Å². The monoisotopic (exact) mass is 294 g/mol. The Labute approximate surface area is 128 Å². The van der Waals surface area contributed by atoms with E-state index in [-0.39, 0.29) is 5.69 Å². The van der Waals surface area contributed by atoms with E-state index < -0.39 is 0 Å². The Balaban J connectivity index is 1.76. The van der Waals surface area contributed by atoms with Crippen molar-refractivity contribution in [3.05, 3.63) is 87.6 Å². The molecule has 0 aliphatic carbocycles. The van der Waals surface area contributed by atoms with Crippen molar-refractivity contribution < 1.29 is 0 Å². The van der Waals surface area contributed by atoms with Crippen LogP contribution >= 0.6 is 0 Å². The maximum absolute atomic E-state index is 11.9. The van der Waals surface area contributed by atoms with Crippen molar-refractivity contribution in [1.82, 2.24) is 14.9 Å². The summed E-state index contributed by atoms with van der Waals surface area (Å²) in [6.07, 6.45) is 0.598. The van der Waals surface area contributed by atoms with Crippen LogP contribution in [0, 0.1) is 6.92 Å². The number of rotatable bonds is 5. The summed E-state index contributed by atoms with van der Waals surface area (Å²) < 4.78 is 1.48. The normalized spacial score (nSPS) is 10.6. The molecule has 2 N–H and O–H groups in total. The molecule has 5 nitrogen and oxygen atoms in total. The lowest BCUT2D eigenvalue weighted by molar-refractivity contribution is 0.758. The summed E-state index contributed by atoms with van der Waals surface area (Å²) in [5, 5.41) is 6.61. The first-order chi connectivity index (χ1) is 10.7. The minimum Gasteiger partial charge on any atom is -0.316 e. The summed E-state index contributed by atoms with van der Waals surface area (Å²) in [6, 6.07) is 18.2. The predicted molar refractivity (Wildman–Crippen MR) is 86.3 cm³/mol. The van der Waals surface area contributed by atoms with Crippen LogP contribution in [-0.4, -0.2) is 14.9 Å². The SMILES string of the molecule is Cc1ccc(Cc2n[nH]c(=O)n2NCc2ccccc2)cc1. The zero-order valence-electron chi connectivity index (χ0n) is 12.4. The van der Waals surface area contributed by atoms with Crippen LogP contribution in [0.5, 0.6) is 0 Å². The van der Waals surface area contributed by atoms with E-state index in [2.05, 4.69) is 46.8 Å². The Morgan fingerprint density at radius 2 is 1.77 bits per heavy atom. The summed E-state index contributed by atoms with van der Waals surface area (Å²) >= 11 is 0. The average Bonchev–Trinajstić information content (AvgIpc) is 2.89. The first-order valence-corrected chi connectivity index (χ1v) is 7.22. The fourth-order valence-corrected chi connectivity index (χ4v) is 2.27. The molecule has 22 heavy (non-hydrogen) atoms. The third-order valence-corrected chi connectivity index (χ3v) is 3.51. The van der Waals surface area contributed by atoms with Gasteiger partial charge in [0.25, 0.3) is 0 Å². The van der Waals surface area contributed by atoms with Gasteiger partial charge in [-0.25, -0.2) is 9.89 Å². The number of aryl methyl sites for hydroxylation is 1. The minimum absolute atomic E-state index is 0.252. The fraction of sp³-hybridized carbons (Fsp3) is 0.176. The van der Waals surface area contributed by atoms with E-state index >= 15 is 0 Å². The van der Waals surface area contributed by atoms with E-state index in [0.29, 0.717) is 18.8 Å². The number of nitrogens with one attached hydrogen (secondary N) is 2. The molecule has 3 aromatic rings. The number of hydrogen-bond acceptors (Lipinski definition) is 3. The topological polar surface area (TPSA) is 62.7 Å². The maximum atomic E-state index is 11.9. The molecule has 5 heteroatoms. The molecule has 0 bridgehead atoms. The summed E-state index contributed by atoms with van der Waals surface area (Å²) in [7, 11) is 0. The van der Waals surface area contributed by atoms with Crippen molar-refractivity contribution in [2.24, 2.45) is 0 Å². The van der Waals surface area contributed by atoms with Gasteiger partial charge in [0, 0.05) is 6.42 Å². The van der Waals surface area contributed by atoms with Gasteiger partial charge in [0.15, 0.2) is 5.82 Å². The van der Waals surface area contributed by atoms with Crippen LogP contribution in [0.4, 0.5) is 0 Å². The number of aromatic amines is 1. The largest absolute Gasteiger partial charge is 0.362 e. The lowest BCUT2D eigenvalue weighted by Gasteiger charge is -2.09. The molecule has 0 fully saturated rings. The lowest BCUT2D eigenvalue weighted by Crippen LogP contribution is -2.28. The van der Waals surface area contributed by atoms with E-state index in [1.807, 2.05) is 30.3 Å². The van der Waals surface area contributed by atoms with Crippen molar-refractivity contribution >= 4 is 0 Å². The summed E-state index contributed by atoms with van der Waals surface area (Å²) in [5.41, 5.74) is 6.31. The number of aromatic nitrogens is 3. The van der Waals surface area contributed by atoms with Crippen molar-refractivity contribution in [3.8, 4) is 0 Å². The van der Waals surface area contributed by atoms with Crippen LogP contribution in [0.25, 0.3) is 0 Å². The van der Waals surface area contributed by atoms with Crippen molar-refractivity contribution in [1.29, 1.82) is 0 Å². The summed E-state index contributed by atoms with van der Waals surface area (Å²) in [5.74, 6) is 0.671. The Morgan fingerprint density at radius 3 is 2.50 bits per heavy atom. The fourth-order valence-electron chi connectivity index (χ4n) is 2.27. The van der Waals surface area contributed by atoms with E-state index in [1.165, 1.54) is 10.2 Å². The molecule has 0 aliphatic heterocycles. The van der Waals surface area contributed by atoms with E-state index in [4.69, 9.17) is 0 Å². The Kier molecular flexibility index (Phi) is 4.05. The molecule has 3 rings (SSSR count). The highest BCUT2D eigenvalue weighted by molar-refractivity contribution is 5.24. The number of H-pyrrole nitrogens is 1. The van der Waals surface area contributed by atoms with Gasteiger partial charge in [0.1, 0.15) is 0 Å². The molecule has 0 atom stereocenters. The zero-order valence-corrected chi connectivity index (χ0v) is 12.4. The van der Waals surface area contributed by atoms with Crippen molar-refractivity contribution in [2.45, 2.75) is 19.9 Å². The van der Waals surface area contributed by atoms with Gasteiger partial charge in [-0.05, 0) is 18.1 Å². The molecular weight excluding hydrogens is 276 g/mol. The smallest absolute Gasteiger partial charge is 0.316 e. The second-order valence-electron chi connectivity index (χ2n) is 5.26. The molecule has 2 aromatic carbocycles. The van der Waals surface area contributed by atoms with Gasteiger partial charge >= 0.3 is 5.69 Å². The van der Waals surface area contributed by atoms with Crippen LogP contribution in [0.15, 0.2) is 59.4 Å². The van der Waals surface area contributed by atoms with Gasteiger partial charge in [-0.2, -0.15) is 9.77 Å².